The average molecular weight is 483 g/mol. The van der Waals surface area contributed by atoms with E-state index >= 15 is 0 Å². The van der Waals surface area contributed by atoms with Crippen LogP contribution < -0.4 is 0 Å². The first-order valence-corrected chi connectivity index (χ1v) is 10.6. The molecule has 1 aliphatic rings. The predicted molar refractivity (Wildman–Crippen MR) is 110 cm³/mol. The Morgan fingerprint density at radius 1 is 1.07 bits per heavy atom. The van der Waals surface area contributed by atoms with Crippen LogP contribution in [-0.2, 0) is 11.3 Å². The van der Waals surface area contributed by atoms with E-state index in [1.54, 1.807) is 17.0 Å². The monoisotopic (exact) mass is 482 g/mol. The molecule has 0 aromatic heterocycles. The van der Waals surface area contributed by atoms with Gasteiger partial charge in [0, 0.05) is 48.2 Å². The Bertz CT molecular complexity index is 946. The fourth-order valence-corrected chi connectivity index (χ4v) is 4.05. The van der Waals surface area contributed by atoms with Gasteiger partial charge in [0.2, 0.25) is 5.91 Å². The first kappa shape index (κ1) is 22.3. The van der Waals surface area contributed by atoms with Crippen LogP contribution in [0.3, 0.4) is 0 Å². The number of halogens is 4. The number of carbonyl (C=O) groups is 2. The molecule has 0 N–H and O–H groups in total. The molecular formula is C22H22BrF3N2O2. The molecule has 0 radical (unpaired) electrons. The third-order valence-electron chi connectivity index (χ3n) is 5.36. The first-order valence-electron chi connectivity index (χ1n) is 9.77. The lowest BCUT2D eigenvalue weighted by atomic mass is 9.94. The molecule has 2 aromatic carbocycles. The maximum atomic E-state index is 14.1. The van der Waals surface area contributed by atoms with Crippen molar-refractivity contribution >= 4 is 27.7 Å². The summed E-state index contributed by atoms with van der Waals surface area (Å²) in [5.74, 6) is -2.89. The molecule has 0 bridgehead atoms. The molecular weight excluding hydrogens is 461 g/mol. The van der Waals surface area contributed by atoms with Gasteiger partial charge in [0.25, 0.3) is 5.91 Å². The van der Waals surface area contributed by atoms with Crippen molar-refractivity contribution < 1.29 is 22.8 Å². The largest absolute Gasteiger partial charge is 0.339 e. The van der Waals surface area contributed by atoms with Crippen molar-refractivity contribution in [2.45, 2.75) is 26.3 Å². The molecule has 160 valence electrons. The van der Waals surface area contributed by atoms with Crippen LogP contribution in [0.15, 0.2) is 40.9 Å². The van der Waals surface area contributed by atoms with Crippen molar-refractivity contribution in [1.29, 1.82) is 0 Å². The van der Waals surface area contributed by atoms with Crippen molar-refractivity contribution in [2.24, 2.45) is 5.92 Å². The van der Waals surface area contributed by atoms with E-state index in [4.69, 9.17) is 0 Å². The van der Waals surface area contributed by atoms with Crippen LogP contribution in [0.25, 0.3) is 0 Å². The van der Waals surface area contributed by atoms with Crippen molar-refractivity contribution in [2.75, 3.05) is 19.6 Å². The van der Waals surface area contributed by atoms with E-state index in [1.165, 1.54) is 11.0 Å². The van der Waals surface area contributed by atoms with E-state index in [1.807, 2.05) is 6.92 Å². The molecule has 0 atom stereocenters. The molecule has 8 heteroatoms. The third-order valence-corrected chi connectivity index (χ3v) is 5.85. The standard InChI is InChI=1S/C22H22BrF3N2O2/c1-2-27(13-15-11-16(23)3-6-19(15)25)21(29)14-7-9-28(10-8-14)22(30)18-5-4-17(24)12-20(18)26/h3-6,11-12,14H,2,7-10,13H2,1H3. The van der Waals surface area contributed by atoms with Gasteiger partial charge in [-0.1, -0.05) is 15.9 Å². The number of hydrogen-bond donors (Lipinski definition) is 0. The van der Waals surface area contributed by atoms with Crippen LogP contribution in [0.5, 0.6) is 0 Å². The number of likely N-dealkylation sites (tertiary alicyclic amines) is 1. The minimum Gasteiger partial charge on any atom is -0.339 e. The smallest absolute Gasteiger partial charge is 0.256 e. The summed E-state index contributed by atoms with van der Waals surface area (Å²) >= 11 is 3.32. The lowest BCUT2D eigenvalue weighted by Gasteiger charge is -2.34. The number of benzene rings is 2. The Morgan fingerprint density at radius 2 is 1.77 bits per heavy atom. The van der Waals surface area contributed by atoms with Crippen LogP contribution in [0, 0.1) is 23.4 Å². The Labute approximate surface area is 181 Å². The van der Waals surface area contributed by atoms with Gasteiger partial charge in [0.1, 0.15) is 17.5 Å². The molecule has 2 amide bonds. The minimum atomic E-state index is -0.897. The molecule has 2 aromatic rings. The van der Waals surface area contributed by atoms with Crippen molar-refractivity contribution in [3.63, 3.8) is 0 Å². The zero-order valence-electron chi connectivity index (χ0n) is 16.5. The van der Waals surface area contributed by atoms with Crippen LogP contribution in [0.4, 0.5) is 13.2 Å². The lowest BCUT2D eigenvalue weighted by Crippen LogP contribution is -2.44. The Hall–Kier alpha value is -2.35. The molecule has 4 nitrogen and oxygen atoms in total. The van der Waals surface area contributed by atoms with E-state index in [2.05, 4.69) is 15.9 Å². The van der Waals surface area contributed by atoms with E-state index in [9.17, 15) is 22.8 Å². The van der Waals surface area contributed by atoms with Gasteiger partial charge >= 0.3 is 0 Å². The molecule has 0 unspecified atom stereocenters. The average Bonchev–Trinajstić information content (AvgIpc) is 2.73. The molecule has 3 rings (SSSR count). The van der Waals surface area contributed by atoms with E-state index < -0.39 is 17.5 Å². The molecule has 1 heterocycles. The second kappa shape index (κ2) is 9.64. The molecule has 0 saturated carbocycles. The Morgan fingerprint density at radius 3 is 2.40 bits per heavy atom. The zero-order chi connectivity index (χ0) is 21.8. The number of rotatable bonds is 5. The maximum Gasteiger partial charge on any atom is 0.256 e. The molecule has 1 aliphatic heterocycles. The van der Waals surface area contributed by atoms with Gasteiger partial charge in [-0.2, -0.15) is 0 Å². The SMILES string of the molecule is CCN(Cc1cc(Br)ccc1F)C(=O)C1CCN(C(=O)c2ccc(F)cc2F)CC1. The highest BCUT2D eigenvalue weighted by atomic mass is 79.9. The molecule has 30 heavy (non-hydrogen) atoms. The summed E-state index contributed by atoms with van der Waals surface area (Å²) in [4.78, 5) is 28.6. The highest BCUT2D eigenvalue weighted by Gasteiger charge is 2.31. The highest BCUT2D eigenvalue weighted by molar-refractivity contribution is 9.10. The number of nitrogens with zero attached hydrogens (tertiary/aromatic N) is 2. The Kier molecular flexibility index (Phi) is 7.18. The van der Waals surface area contributed by atoms with E-state index in [0.29, 0.717) is 44.1 Å². The zero-order valence-corrected chi connectivity index (χ0v) is 18.1. The second-order valence-corrected chi connectivity index (χ2v) is 8.19. The van der Waals surface area contributed by atoms with Crippen molar-refractivity contribution in [3.05, 3.63) is 69.4 Å². The van der Waals surface area contributed by atoms with Crippen molar-refractivity contribution in [3.8, 4) is 0 Å². The van der Waals surface area contributed by atoms with Crippen LogP contribution in [-0.4, -0.2) is 41.2 Å². The van der Waals surface area contributed by atoms with Crippen LogP contribution in [0.2, 0.25) is 0 Å². The van der Waals surface area contributed by atoms with E-state index in [0.717, 1.165) is 16.6 Å². The summed E-state index contributed by atoms with van der Waals surface area (Å²) in [6, 6.07) is 7.49. The van der Waals surface area contributed by atoms with E-state index in [-0.39, 0.29) is 29.8 Å². The number of amides is 2. The summed E-state index contributed by atoms with van der Waals surface area (Å²) in [7, 11) is 0. The van der Waals surface area contributed by atoms with Gasteiger partial charge in [-0.15, -0.1) is 0 Å². The topological polar surface area (TPSA) is 40.6 Å². The normalized spacial score (nSPS) is 14.6. The minimum absolute atomic E-state index is 0.0862. The quantitative estimate of drug-likeness (QED) is 0.615. The number of carbonyl (C=O) groups excluding carboxylic acids is 2. The molecule has 1 fully saturated rings. The fraction of sp³-hybridized carbons (Fsp3) is 0.364. The molecule has 0 spiro atoms. The van der Waals surface area contributed by atoms with Gasteiger partial charge in [-0.25, -0.2) is 13.2 Å². The molecule has 0 aliphatic carbocycles. The third kappa shape index (κ3) is 5.03. The van der Waals surface area contributed by atoms with Gasteiger partial charge in [0.05, 0.1) is 5.56 Å². The number of hydrogen-bond acceptors (Lipinski definition) is 2. The van der Waals surface area contributed by atoms with Crippen LogP contribution >= 0.6 is 15.9 Å². The van der Waals surface area contributed by atoms with Gasteiger partial charge in [0.15, 0.2) is 0 Å². The number of piperidine rings is 1. The lowest BCUT2D eigenvalue weighted by molar-refractivity contribution is -0.137. The summed E-state index contributed by atoms with van der Waals surface area (Å²) in [6.07, 6.45) is 0.871. The molecule has 1 saturated heterocycles. The van der Waals surface area contributed by atoms with Gasteiger partial charge < -0.3 is 9.80 Å². The van der Waals surface area contributed by atoms with Crippen LogP contribution in [0.1, 0.15) is 35.7 Å². The van der Waals surface area contributed by atoms with Crippen molar-refractivity contribution in [1.82, 2.24) is 9.80 Å². The Balaban J connectivity index is 1.62. The summed E-state index contributed by atoms with van der Waals surface area (Å²) in [5, 5.41) is 0. The second-order valence-electron chi connectivity index (χ2n) is 7.28. The summed E-state index contributed by atoms with van der Waals surface area (Å²) in [5.41, 5.74) is 0.250. The maximum absolute atomic E-state index is 14.1. The predicted octanol–water partition coefficient (Wildman–Crippen LogP) is 4.77. The highest BCUT2D eigenvalue weighted by Crippen LogP contribution is 2.24. The van der Waals surface area contributed by atoms with Gasteiger partial charge in [-0.05, 0) is 50.1 Å². The van der Waals surface area contributed by atoms with Gasteiger partial charge in [-0.3, -0.25) is 9.59 Å². The summed E-state index contributed by atoms with van der Waals surface area (Å²) in [6.45, 7) is 3.04. The fourth-order valence-electron chi connectivity index (χ4n) is 3.64. The first-order chi connectivity index (χ1) is 14.3. The summed E-state index contributed by atoms with van der Waals surface area (Å²) < 4.78 is 41.8.